The van der Waals surface area contributed by atoms with Crippen LogP contribution in [-0.4, -0.2) is 22.6 Å². The highest BCUT2D eigenvalue weighted by molar-refractivity contribution is 7.00. The molecule has 2 aliphatic rings. The van der Waals surface area contributed by atoms with Crippen molar-refractivity contribution in [1.29, 1.82) is 0 Å². The molecule has 0 bridgehead atoms. The van der Waals surface area contributed by atoms with Crippen LogP contribution in [0.1, 0.15) is 0 Å². The predicted molar refractivity (Wildman–Crippen MR) is 250 cm³/mol. The minimum atomic E-state index is -0.150. The van der Waals surface area contributed by atoms with E-state index >= 15 is 0 Å². The SMILES string of the molecule is c1cc(B2c3ccccc3Oc3c2ccc2c3B(c3cccc(-n4c5ccccc5c5ccccc54)c3)c3ccccc3O2)cc(-n2c3ccccc3c3ccccc32)c1. The van der Waals surface area contributed by atoms with E-state index in [0.717, 1.165) is 56.2 Å². The highest BCUT2D eigenvalue weighted by Crippen LogP contribution is 2.35. The van der Waals surface area contributed by atoms with Gasteiger partial charge in [0.1, 0.15) is 23.0 Å². The minimum Gasteiger partial charge on any atom is -0.459 e. The zero-order valence-corrected chi connectivity index (χ0v) is 32.5. The van der Waals surface area contributed by atoms with Crippen molar-refractivity contribution in [3.8, 4) is 34.4 Å². The Morgan fingerprint density at radius 2 is 0.750 bits per heavy atom. The molecule has 6 heteroatoms. The second-order valence-corrected chi connectivity index (χ2v) is 16.0. The first-order valence-corrected chi connectivity index (χ1v) is 20.7. The van der Waals surface area contributed by atoms with Crippen molar-refractivity contribution in [2.75, 3.05) is 0 Å². The lowest BCUT2D eigenvalue weighted by Gasteiger charge is -2.34. The van der Waals surface area contributed by atoms with Crippen LogP contribution in [0.3, 0.4) is 0 Å². The van der Waals surface area contributed by atoms with Crippen molar-refractivity contribution in [3.63, 3.8) is 0 Å². The quantitative estimate of drug-likeness (QED) is 0.168. The summed E-state index contributed by atoms with van der Waals surface area (Å²) in [5.74, 6) is 3.41. The van der Waals surface area contributed by atoms with E-state index < -0.39 is 0 Å². The van der Waals surface area contributed by atoms with Gasteiger partial charge in [-0.1, -0.05) is 150 Å². The molecule has 2 aromatic heterocycles. The molecule has 60 heavy (non-hydrogen) atoms. The van der Waals surface area contributed by atoms with Crippen LogP contribution < -0.4 is 42.3 Å². The summed E-state index contributed by atoms with van der Waals surface area (Å²) in [5, 5.41) is 4.99. The van der Waals surface area contributed by atoms with Crippen LogP contribution in [0.25, 0.3) is 55.0 Å². The van der Waals surface area contributed by atoms with Gasteiger partial charge in [0.2, 0.25) is 0 Å². The third-order valence-electron chi connectivity index (χ3n) is 12.8. The lowest BCUT2D eigenvalue weighted by atomic mass is 9.32. The Morgan fingerprint density at radius 3 is 1.28 bits per heavy atom. The molecule has 0 unspecified atom stereocenters. The van der Waals surface area contributed by atoms with Crippen LogP contribution in [-0.2, 0) is 0 Å². The van der Waals surface area contributed by atoms with Crippen molar-refractivity contribution in [1.82, 2.24) is 9.13 Å². The Bertz CT molecular complexity index is 3440. The molecule has 0 aliphatic carbocycles. The molecule has 0 saturated heterocycles. The van der Waals surface area contributed by atoms with Crippen LogP contribution in [0.4, 0.5) is 0 Å². The largest absolute Gasteiger partial charge is 0.459 e. The molecule has 0 amide bonds. The van der Waals surface area contributed by atoms with Gasteiger partial charge < -0.3 is 18.6 Å². The van der Waals surface area contributed by atoms with Gasteiger partial charge in [-0.3, -0.25) is 0 Å². The molecule has 11 aromatic rings. The Hall–Kier alpha value is -7.69. The normalized spacial score (nSPS) is 12.9. The maximum absolute atomic E-state index is 7.14. The van der Waals surface area contributed by atoms with E-state index in [1.807, 2.05) is 0 Å². The van der Waals surface area contributed by atoms with E-state index in [-0.39, 0.29) is 13.4 Å². The standard InChI is InChI=1S/C54H34B2N2O2/c1-7-25-46-39(19-1)40-20-2-8-26-47(40)57(46)37-17-13-15-35(33-37)55-43-23-5-12-30-51(43)60-54-45(55)31-32-52-53(54)56(44-24-6-11-29-50(44)59-52)36-16-14-18-38(34-36)58-48-27-9-3-21-41(48)42-22-4-10-28-49(42)58/h1-34H. The summed E-state index contributed by atoms with van der Waals surface area (Å²) in [6.45, 7) is -0.229. The van der Waals surface area contributed by atoms with Gasteiger partial charge in [-0.2, -0.15) is 0 Å². The Labute approximate surface area is 347 Å². The molecule has 2 aliphatic heterocycles. The fraction of sp³-hybridized carbons (Fsp3) is 0. The minimum absolute atomic E-state index is 0.0787. The van der Waals surface area contributed by atoms with Crippen LogP contribution in [0.5, 0.6) is 23.0 Å². The molecule has 4 nitrogen and oxygen atoms in total. The maximum atomic E-state index is 7.14. The second-order valence-electron chi connectivity index (χ2n) is 16.0. The number of rotatable bonds is 4. The van der Waals surface area contributed by atoms with Gasteiger partial charge in [-0.25, -0.2) is 0 Å². The van der Waals surface area contributed by atoms with Crippen LogP contribution in [0.2, 0.25) is 0 Å². The third kappa shape index (κ3) is 4.82. The van der Waals surface area contributed by atoms with Crippen molar-refractivity contribution in [2.24, 2.45) is 0 Å². The summed E-state index contributed by atoms with van der Waals surface area (Å²) in [7, 11) is 0. The summed E-state index contributed by atoms with van der Waals surface area (Å²) in [4.78, 5) is 0. The lowest BCUT2D eigenvalue weighted by molar-refractivity contribution is 0.469. The van der Waals surface area contributed by atoms with E-state index in [0.29, 0.717) is 0 Å². The molecule has 0 spiro atoms. The van der Waals surface area contributed by atoms with Crippen molar-refractivity contribution < 1.29 is 9.47 Å². The van der Waals surface area contributed by atoms with E-state index in [9.17, 15) is 0 Å². The zero-order valence-electron chi connectivity index (χ0n) is 32.5. The number of fused-ring (bicyclic) bond motifs is 11. The summed E-state index contributed by atoms with van der Waals surface area (Å²) in [5.41, 5.74) is 13.8. The summed E-state index contributed by atoms with van der Waals surface area (Å²) in [6, 6.07) is 74.3. The molecular formula is C54H34B2N2O2. The van der Waals surface area contributed by atoms with Gasteiger partial charge in [0, 0.05) is 38.4 Å². The summed E-state index contributed by atoms with van der Waals surface area (Å²) < 4.78 is 18.7. The van der Waals surface area contributed by atoms with Gasteiger partial charge in [0.05, 0.1) is 22.1 Å². The lowest BCUT2D eigenvalue weighted by Crippen LogP contribution is -2.60. The average Bonchev–Trinajstić information content (AvgIpc) is 3.83. The number of para-hydroxylation sites is 6. The Kier molecular flexibility index (Phi) is 7.16. The van der Waals surface area contributed by atoms with E-state index in [4.69, 9.17) is 9.47 Å². The molecular weight excluding hydrogens is 730 g/mol. The van der Waals surface area contributed by atoms with Gasteiger partial charge >= 0.3 is 0 Å². The molecule has 4 heterocycles. The van der Waals surface area contributed by atoms with Crippen LogP contribution in [0.15, 0.2) is 206 Å². The average molecular weight is 765 g/mol. The van der Waals surface area contributed by atoms with E-state index in [2.05, 4.69) is 215 Å². The van der Waals surface area contributed by atoms with Crippen molar-refractivity contribution in [2.45, 2.75) is 0 Å². The fourth-order valence-electron chi connectivity index (χ4n) is 10.3. The Balaban J connectivity index is 1.02. The van der Waals surface area contributed by atoms with Gasteiger partial charge in [-0.15, -0.1) is 0 Å². The molecule has 278 valence electrons. The van der Waals surface area contributed by atoms with E-state index in [1.165, 1.54) is 54.5 Å². The first-order chi connectivity index (χ1) is 29.8. The summed E-state index contributed by atoms with van der Waals surface area (Å²) >= 11 is 0. The monoisotopic (exact) mass is 764 g/mol. The molecule has 0 atom stereocenters. The highest BCUT2D eigenvalue weighted by Gasteiger charge is 2.41. The zero-order chi connectivity index (χ0) is 39.3. The fourth-order valence-corrected chi connectivity index (χ4v) is 10.3. The Morgan fingerprint density at radius 1 is 0.317 bits per heavy atom. The van der Waals surface area contributed by atoms with Gasteiger partial charge in [-0.05, 0) is 83.1 Å². The molecule has 0 saturated carbocycles. The van der Waals surface area contributed by atoms with Crippen molar-refractivity contribution >= 4 is 89.8 Å². The highest BCUT2D eigenvalue weighted by atomic mass is 16.5. The maximum Gasteiger partial charge on any atom is 0.255 e. The molecule has 13 rings (SSSR count). The first-order valence-electron chi connectivity index (χ1n) is 20.7. The van der Waals surface area contributed by atoms with E-state index in [1.54, 1.807) is 0 Å². The predicted octanol–water partition coefficient (Wildman–Crippen LogP) is 9.12. The molecule has 0 fully saturated rings. The number of aromatic nitrogens is 2. The first kappa shape index (κ1) is 33.3. The smallest absolute Gasteiger partial charge is 0.255 e. The van der Waals surface area contributed by atoms with Gasteiger partial charge in [0.15, 0.2) is 0 Å². The van der Waals surface area contributed by atoms with Crippen molar-refractivity contribution in [3.05, 3.63) is 206 Å². The third-order valence-corrected chi connectivity index (χ3v) is 12.8. The number of hydrogen-bond acceptors (Lipinski definition) is 2. The number of benzene rings is 9. The van der Waals surface area contributed by atoms with Gasteiger partial charge in [0.25, 0.3) is 13.4 Å². The topological polar surface area (TPSA) is 28.3 Å². The second kappa shape index (κ2) is 12.9. The number of nitrogens with zero attached hydrogens (tertiary/aromatic N) is 2. The number of ether oxygens (including phenoxy) is 2. The molecule has 0 N–H and O–H groups in total. The van der Waals surface area contributed by atoms with Crippen LogP contribution >= 0.6 is 0 Å². The molecule has 0 radical (unpaired) electrons. The molecule has 9 aromatic carbocycles. The summed E-state index contributed by atoms with van der Waals surface area (Å²) in [6.07, 6.45) is 0. The van der Waals surface area contributed by atoms with Crippen LogP contribution in [0, 0.1) is 0 Å². The number of hydrogen-bond donors (Lipinski definition) is 0.